The maximum atomic E-state index is 12.9. The highest BCUT2D eigenvalue weighted by Gasteiger charge is 2.01. The van der Waals surface area contributed by atoms with E-state index < -0.39 is 0 Å². The number of benzene rings is 1. The van der Waals surface area contributed by atoms with Gasteiger partial charge in [-0.05, 0) is 31.0 Å². The molecule has 18 heavy (non-hydrogen) atoms. The Balaban J connectivity index is 2.14. The number of aliphatic hydroxyl groups is 1. The standard InChI is InChI=1S/C13H19FN2O2/c14-11-6-5-7-12(10-11)16-13(18)15-8-3-1-2-4-9-17/h5-7,10,17H,1-4,8-9H2,(H2,15,16,18). The van der Waals surface area contributed by atoms with E-state index in [-0.39, 0.29) is 18.5 Å². The number of nitrogens with one attached hydrogen (secondary N) is 2. The first kappa shape index (κ1) is 14.4. The lowest BCUT2D eigenvalue weighted by atomic mass is 10.2. The molecule has 2 amide bonds. The summed E-state index contributed by atoms with van der Waals surface area (Å²) < 4.78 is 12.9. The summed E-state index contributed by atoms with van der Waals surface area (Å²) in [6.45, 7) is 0.792. The van der Waals surface area contributed by atoms with E-state index >= 15 is 0 Å². The van der Waals surface area contributed by atoms with Gasteiger partial charge in [-0.2, -0.15) is 0 Å². The van der Waals surface area contributed by atoms with Crippen LogP contribution >= 0.6 is 0 Å². The van der Waals surface area contributed by atoms with E-state index in [1.165, 1.54) is 12.1 Å². The summed E-state index contributed by atoms with van der Waals surface area (Å²) in [4.78, 5) is 11.4. The normalized spacial score (nSPS) is 10.1. The van der Waals surface area contributed by atoms with Gasteiger partial charge < -0.3 is 15.7 Å². The number of aliphatic hydroxyl groups excluding tert-OH is 1. The van der Waals surface area contributed by atoms with Crippen LogP contribution in [0.4, 0.5) is 14.9 Å². The molecule has 0 atom stereocenters. The molecule has 100 valence electrons. The molecule has 0 spiro atoms. The summed E-state index contributed by atoms with van der Waals surface area (Å²) in [5, 5.41) is 13.8. The number of carbonyl (C=O) groups excluding carboxylic acids is 1. The molecule has 0 heterocycles. The summed E-state index contributed by atoms with van der Waals surface area (Å²) in [5.41, 5.74) is 0.438. The smallest absolute Gasteiger partial charge is 0.319 e. The average molecular weight is 254 g/mol. The number of anilines is 1. The summed E-state index contributed by atoms with van der Waals surface area (Å²) in [7, 11) is 0. The highest BCUT2D eigenvalue weighted by atomic mass is 19.1. The van der Waals surface area contributed by atoms with E-state index in [9.17, 15) is 9.18 Å². The van der Waals surface area contributed by atoms with E-state index in [2.05, 4.69) is 10.6 Å². The van der Waals surface area contributed by atoms with Crippen LogP contribution in [0.5, 0.6) is 0 Å². The van der Waals surface area contributed by atoms with Crippen molar-refractivity contribution in [1.82, 2.24) is 5.32 Å². The van der Waals surface area contributed by atoms with Crippen molar-refractivity contribution in [2.24, 2.45) is 0 Å². The zero-order valence-electron chi connectivity index (χ0n) is 10.3. The van der Waals surface area contributed by atoms with Gasteiger partial charge in [0, 0.05) is 18.8 Å². The number of rotatable bonds is 7. The van der Waals surface area contributed by atoms with Gasteiger partial charge in [-0.15, -0.1) is 0 Å². The summed E-state index contributed by atoms with van der Waals surface area (Å²) in [6, 6.07) is 5.43. The zero-order valence-corrected chi connectivity index (χ0v) is 10.3. The minimum Gasteiger partial charge on any atom is -0.396 e. The van der Waals surface area contributed by atoms with Gasteiger partial charge in [0.15, 0.2) is 0 Å². The Bertz CT molecular complexity index is 372. The van der Waals surface area contributed by atoms with Crippen LogP contribution in [0.15, 0.2) is 24.3 Å². The predicted octanol–water partition coefficient (Wildman–Crippen LogP) is 2.50. The molecular weight excluding hydrogens is 235 g/mol. The van der Waals surface area contributed by atoms with Crippen molar-refractivity contribution < 1.29 is 14.3 Å². The fourth-order valence-corrected chi connectivity index (χ4v) is 1.53. The van der Waals surface area contributed by atoms with Crippen LogP contribution in [-0.2, 0) is 0 Å². The molecule has 5 heteroatoms. The minimum absolute atomic E-state index is 0.216. The zero-order chi connectivity index (χ0) is 13.2. The molecule has 0 bridgehead atoms. The Hall–Kier alpha value is -1.62. The van der Waals surface area contributed by atoms with Crippen molar-refractivity contribution in [3.8, 4) is 0 Å². The molecule has 3 N–H and O–H groups in total. The Morgan fingerprint density at radius 3 is 2.72 bits per heavy atom. The maximum absolute atomic E-state index is 12.9. The fraction of sp³-hybridized carbons (Fsp3) is 0.462. The van der Waals surface area contributed by atoms with Gasteiger partial charge in [-0.25, -0.2) is 9.18 Å². The number of urea groups is 1. The second kappa shape index (κ2) is 8.47. The maximum Gasteiger partial charge on any atom is 0.319 e. The first-order chi connectivity index (χ1) is 8.72. The molecule has 1 rings (SSSR count). The average Bonchev–Trinajstić information content (AvgIpc) is 2.33. The van der Waals surface area contributed by atoms with E-state index in [1.807, 2.05) is 0 Å². The Morgan fingerprint density at radius 2 is 2.00 bits per heavy atom. The third kappa shape index (κ3) is 6.20. The highest BCUT2D eigenvalue weighted by molar-refractivity contribution is 5.89. The topological polar surface area (TPSA) is 61.4 Å². The van der Waals surface area contributed by atoms with Gasteiger partial charge in [0.2, 0.25) is 0 Å². The van der Waals surface area contributed by atoms with E-state index in [0.717, 1.165) is 25.7 Å². The van der Waals surface area contributed by atoms with Gasteiger partial charge >= 0.3 is 6.03 Å². The second-order valence-electron chi connectivity index (χ2n) is 4.03. The van der Waals surface area contributed by atoms with Crippen LogP contribution in [0.2, 0.25) is 0 Å². The van der Waals surface area contributed by atoms with E-state index in [0.29, 0.717) is 12.2 Å². The predicted molar refractivity (Wildman–Crippen MR) is 69.0 cm³/mol. The molecule has 0 fully saturated rings. The van der Waals surface area contributed by atoms with Crippen molar-refractivity contribution in [1.29, 1.82) is 0 Å². The third-order valence-corrected chi connectivity index (χ3v) is 2.45. The number of halogens is 1. The molecule has 0 aliphatic carbocycles. The summed E-state index contributed by atoms with van der Waals surface area (Å²) in [5.74, 6) is -0.378. The van der Waals surface area contributed by atoms with Crippen molar-refractivity contribution in [2.75, 3.05) is 18.5 Å². The van der Waals surface area contributed by atoms with Gasteiger partial charge in [-0.3, -0.25) is 0 Å². The number of hydrogen-bond acceptors (Lipinski definition) is 2. The highest BCUT2D eigenvalue weighted by Crippen LogP contribution is 2.08. The summed E-state index contributed by atoms with van der Waals surface area (Å²) >= 11 is 0. The van der Waals surface area contributed by atoms with Gasteiger partial charge in [0.25, 0.3) is 0 Å². The van der Waals surface area contributed by atoms with Crippen LogP contribution in [-0.4, -0.2) is 24.3 Å². The van der Waals surface area contributed by atoms with Crippen molar-refractivity contribution in [2.45, 2.75) is 25.7 Å². The largest absolute Gasteiger partial charge is 0.396 e. The number of amides is 2. The molecule has 1 aromatic carbocycles. The number of hydrogen-bond donors (Lipinski definition) is 3. The lowest BCUT2D eigenvalue weighted by molar-refractivity contribution is 0.251. The monoisotopic (exact) mass is 254 g/mol. The van der Waals surface area contributed by atoms with Crippen LogP contribution in [0, 0.1) is 5.82 Å². The Labute approximate surface area is 106 Å². The van der Waals surface area contributed by atoms with E-state index in [4.69, 9.17) is 5.11 Å². The SMILES string of the molecule is O=C(NCCCCCCO)Nc1cccc(F)c1. The van der Waals surface area contributed by atoms with Gasteiger partial charge in [0.1, 0.15) is 5.82 Å². The Morgan fingerprint density at radius 1 is 1.22 bits per heavy atom. The fourth-order valence-electron chi connectivity index (χ4n) is 1.53. The number of unbranched alkanes of at least 4 members (excludes halogenated alkanes) is 3. The molecule has 0 aliphatic rings. The first-order valence-corrected chi connectivity index (χ1v) is 6.13. The molecule has 0 radical (unpaired) electrons. The molecule has 0 aliphatic heterocycles. The van der Waals surface area contributed by atoms with Crippen LogP contribution in [0.1, 0.15) is 25.7 Å². The molecule has 1 aromatic rings. The molecule has 0 unspecified atom stereocenters. The molecule has 4 nitrogen and oxygen atoms in total. The van der Waals surface area contributed by atoms with Crippen LogP contribution < -0.4 is 10.6 Å². The quantitative estimate of drug-likeness (QED) is 0.655. The number of carbonyl (C=O) groups is 1. The van der Waals surface area contributed by atoms with Crippen LogP contribution in [0.25, 0.3) is 0 Å². The lowest BCUT2D eigenvalue weighted by Gasteiger charge is -2.07. The van der Waals surface area contributed by atoms with Gasteiger partial charge in [0.05, 0.1) is 0 Å². The minimum atomic E-state index is -0.378. The second-order valence-corrected chi connectivity index (χ2v) is 4.03. The Kier molecular flexibility index (Phi) is 6.79. The lowest BCUT2D eigenvalue weighted by Crippen LogP contribution is -2.29. The van der Waals surface area contributed by atoms with Crippen molar-refractivity contribution in [3.05, 3.63) is 30.1 Å². The molecule has 0 saturated heterocycles. The summed E-state index contributed by atoms with van der Waals surface area (Å²) in [6.07, 6.45) is 3.61. The third-order valence-electron chi connectivity index (χ3n) is 2.45. The molecular formula is C13H19FN2O2. The van der Waals surface area contributed by atoms with Crippen molar-refractivity contribution >= 4 is 11.7 Å². The van der Waals surface area contributed by atoms with Crippen molar-refractivity contribution in [3.63, 3.8) is 0 Å². The van der Waals surface area contributed by atoms with E-state index in [1.54, 1.807) is 12.1 Å². The molecule has 0 aromatic heterocycles. The molecule has 0 saturated carbocycles. The first-order valence-electron chi connectivity index (χ1n) is 6.13. The van der Waals surface area contributed by atoms with Crippen LogP contribution in [0.3, 0.4) is 0 Å². The van der Waals surface area contributed by atoms with Gasteiger partial charge in [-0.1, -0.05) is 18.9 Å².